The van der Waals surface area contributed by atoms with E-state index in [0.717, 1.165) is 0 Å². The third-order valence-corrected chi connectivity index (χ3v) is 2.36. The zero-order chi connectivity index (χ0) is 11.4. The van der Waals surface area contributed by atoms with E-state index < -0.39 is 17.8 Å². The van der Waals surface area contributed by atoms with Crippen LogP contribution in [0.5, 0.6) is 0 Å². The quantitative estimate of drug-likeness (QED) is 0.759. The molecule has 0 aliphatic heterocycles. The van der Waals surface area contributed by atoms with Crippen molar-refractivity contribution < 1.29 is 14.7 Å². The summed E-state index contributed by atoms with van der Waals surface area (Å²) < 4.78 is 0. The number of ketones is 1. The summed E-state index contributed by atoms with van der Waals surface area (Å²) >= 11 is 0. The van der Waals surface area contributed by atoms with E-state index in [9.17, 15) is 9.59 Å². The van der Waals surface area contributed by atoms with Gasteiger partial charge in [0, 0.05) is 17.8 Å². The second-order valence-corrected chi connectivity index (χ2v) is 3.47. The van der Waals surface area contributed by atoms with Gasteiger partial charge in [-0.15, -0.1) is 0 Å². The first kappa shape index (κ1) is 11.4. The SMILES string of the molecule is CC(=O)C(C(=O)O)C(C)c1ccccn1. The number of pyridine rings is 1. The summed E-state index contributed by atoms with van der Waals surface area (Å²) in [5.41, 5.74) is 0.625. The Morgan fingerprint density at radius 3 is 2.47 bits per heavy atom. The highest BCUT2D eigenvalue weighted by Crippen LogP contribution is 2.23. The van der Waals surface area contributed by atoms with Crippen molar-refractivity contribution in [2.24, 2.45) is 5.92 Å². The average molecular weight is 207 g/mol. The first-order chi connectivity index (χ1) is 7.04. The Morgan fingerprint density at radius 1 is 1.40 bits per heavy atom. The van der Waals surface area contributed by atoms with Crippen LogP contribution in [0.2, 0.25) is 0 Å². The third kappa shape index (κ3) is 2.62. The molecule has 1 aromatic heterocycles. The number of Topliss-reactive ketones (excluding diaryl/α,β-unsaturated/α-hetero) is 1. The van der Waals surface area contributed by atoms with Crippen LogP contribution in [0.3, 0.4) is 0 Å². The van der Waals surface area contributed by atoms with Crippen molar-refractivity contribution in [3.05, 3.63) is 30.1 Å². The van der Waals surface area contributed by atoms with Crippen molar-refractivity contribution in [3.8, 4) is 0 Å². The van der Waals surface area contributed by atoms with Crippen LogP contribution in [0, 0.1) is 5.92 Å². The zero-order valence-electron chi connectivity index (χ0n) is 8.68. The van der Waals surface area contributed by atoms with Gasteiger partial charge in [0.1, 0.15) is 11.7 Å². The molecule has 0 radical (unpaired) electrons. The summed E-state index contributed by atoms with van der Waals surface area (Å²) in [7, 11) is 0. The van der Waals surface area contributed by atoms with E-state index in [1.54, 1.807) is 31.3 Å². The molecule has 0 saturated heterocycles. The van der Waals surface area contributed by atoms with Gasteiger partial charge in [-0.2, -0.15) is 0 Å². The molecular weight excluding hydrogens is 194 g/mol. The molecule has 1 aromatic rings. The Morgan fingerprint density at radius 2 is 2.07 bits per heavy atom. The number of carbonyl (C=O) groups excluding carboxylic acids is 1. The monoisotopic (exact) mass is 207 g/mol. The van der Waals surface area contributed by atoms with Crippen molar-refractivity contribution in [1.82, 2.24) is 4.98 Å². The van der Waals surface area contributed by atoms with E-state index in [2.05, 4.69) is 4.98 Å². The predicted octanol–water partition coefficient (Wildman–Crippen LogP) is 1.47. The lowest BCUT2D eigenvalue weighted by atomic mass is 9.88. The summed E-state index contributed by atoms with van der Waals surface area (Å²) in [5.74, 6) is -2.86. The fourth-order valence-corrected chi connectivity index (χ4v) is 1.56. The molecule has 2 atom stereocenters. The number of carboxylic acid groups (broad SMARTS) is 1. The predicted molar refractivity (Wildman–Crippen MR) is 54.5 cm³/mol. The van der Waals surface area contributed by atoms with Gasteiger partial charge < -0.3 is 5.11 Å². The van der Waals surface area contributed by atoms with E-state index >= 15 is 0 Å². The minimum atomic E-state index is -1.10. The standard InChI is InChI=1S/C11H13NO3/c1-7(9-5-3-4-6-12-9)10(8(2)13)11(14)15/h3-7,10H,1-2H3,(H,14,15). The fourth-order valence-electron chi connectivity index (χ4n) is 1.56. The summed E-state index contributed by atoms with van der Waals surface area (Å²) in [6.07, 6.45) is 1.59. The van der Waals surface area contributed by atoms with Crippen LogP contribution in [0.25, 0.3) is 0 Å². The van der Waals surface area contributed by atoms with E-state index in [-0.39, 0.29) is 5.78 Å². The first-order valence-corrected chi connectivity index (χ1v) is 4.68. The Kier molecular flexibility index (Phi) is 3.55. The van der Waals surface area contributed by atoms with Gasteiger partial charge in [0.25, 0.3) is 0 Å². The molecule has 4 nitrogen and oxygen atoms in total. The van der Waals surface area contributed by atoms with Gasteiger partial charge in [-0.1, -0.05) is 13.0 Å². The smallest absolute Gasteiger partial charge is 0.314 e. The number of nitrogens with zero attached hydrogens (tertiary/aromatic N) is 1. The summed E-state index contributed by atoms with van der Waals surface area (Å²) in [6, 6.07) is 5.25. The zero-order valence-corrected chi connectivity index (χ0v) is 8.68. The van der Waals surface area contributed by atoms with Gasteiger partial charge in [0.05, 0.1) is 0 Å². The molecule has 2 unspecified atom stereocenters. The highest BCUT2D eigenvalue weighted by Gasteiger charge is 2.30. The van der Waals surface area contributed by atoms with Gasteiger partial charge in [-0.25, -0.2) is 0 Å². The highest BCUT2D eigenvalue weighted by molar-refractivity contribution is 5.97. The molecule has 80 valence electrons. The number of carboxylic acids is 1. The number of carbonyl (C=O) groups is 2. The second kappa shape index (κ2) is 4.68. The van der Waals surface area contributed by atoms with Gasteiger partial charge >= 0.3 is 5.97 Å². The molecule has 1 rings (SSSR count). The molecule has 1 heterocycles. The second-order valence-electron chi connectivity index (χ2n) is 3.47. The van der Waals surface area contributed by atoms with Crippen LogP contribution < -0.4 is 0 Å². The first-order valence-electron chi connectivity index (χ1n) is 4.68. The lowest BCUT2D eigenvalue weighted by Crippen LogP contribution is -2.27. The normalized spacial score (nSPS) is 14.3. The molecule has 0 bridgehead atoms. The van der Waals surface area contributed by atoms with Crippen molar-refractivity contribution in [2.75, 3.05) is 0 Å². The Balaban J connectivity index is 2.96. The fraction of sp³-hybridized carbons (Fsp3) is 0.364. The summed E-state index contributed by atoms with van der Waals surface area (Å²) in [4.78, 5) is 26.1. The number of aliphatic carboxylic acids is 1. The minimum Gasteiger partial charge on any atom is -0.481 e. The van der Waals surface area contributed by atoms with Crippen molar-refractivity contribution >= 4 is 11.8 Å². The molecule has 0 aromatic carbocycles. The van der Waals surface area contributed by atoms with E-state index in [0.29, 0.717) is 5.69 Å². The largest absolute Gasteiger partial charge is 0.481 e. The molecular formula is C11H13NO3. The lowest BCUT2D eigenvalue weighted by molar-refractivity contribution is -0.146. The number of hydrogen-bond donors (Lipinski definition) is 1. The van der Waals surface area contributed by atoms with Crippen LogP contribution >= 0.6 is 0 Å². The maximum Gasteiger partial charge on any atom is 0.314 e. The minimum absolute atomic E-state index is 0.347. The van der Waals surface area contributed by atoms with Gasteiger partial charge in [0.2, 0.25) is 0 Å². The topological polar surface area (TPSA) is 67.3 Å². The average Bonchev–Trinajstić information content (AvgIpc) is 2.18. The van der Waals surface area contributed by atoms with Gasteiger partial charge in [0.15, 0.2) is 0 Å². The van der Waals surface area contributed by atoms with E-state index in [4.69, 9.17) is 5.11 Å². The van der Waals surface area contributed by atoms with Gasteiger partial charge in [-0.05, 0) is 19.1 Å². The van der Waals surface area contributed by atoms with Crippen molar-refractivity contribution in [2.45, 2.75) is 19.8 Å². The molecule has 0 aliphatic carbocycles. The van der Waals surface area contributed by atoms with Crippen LogP contribution in [-0.2, 0) is 9.59 Å². The van der Waals surface area contributed by atoms with Crippen molar-refractivity contribution in [3.63, 3.8) is 0 Å². The Bertz CT molecular complexity index is 347. The summed E-state index contributed by atoms with van der Waals surface area (Å²) in [6.45, 7) is 2.99. The molecule has 15 heavy (non-hydrogen) atoms. The number of rotatable bonds is 4. The number of aromatic nitrogens is 1. The molecule has 0 aliphatic rings. The van der Waals surface area contributed by atoms with Crippen LogP contribution in [0.15, 0.2) is 24.4 Å². The highest BCUT2D eigenvalue weighted by atomic mass is 16.4. The third-order valence-electron chi connectivity index (χ3n) is 2.36. The Hall–Kier alpha value is -1.71. The van der Waals surface area contributed by atoms with Crippen LogP contribution in [-0.4, -0.2) is 21.8 Å². The molecule has 4 heteroatoms. The maximum absolute atomic E-state index is 11.2. The summed E-state index contributed by atoms with van der Waals surface area (Å²) in [5, 5.41) is 8.93. The number of hydrogen-bond acceptors (Lipinski definition) is 3. The van der Waals surface area contributed by atoms with E-state index in [1.807, 2.05) is 0 Å². The molecule has 0 amide bonds. The lowest BCUT2D eigenvalue weighted by Gasteiger charge is -2.16. The van der Waals surface area contributed by atoms with Gasteiger partial charge in [-0.3, -0.25) is 14.6 Å². The molecule has 0 spiro atoms. The molecule has 0 fully saturated rings. The van der Waals surface area contributed by atoms with Crippen molar-refractivity contribution in [1.29, 1.82) is 0 Å². The van der Waals surface area contributed by atoms with Crippen LogP contribution in [0.4, 0.5) is 0 Å². The molecule has 0 saturated carbocycles. The maximum atomic E-state index is 11.2. The molecule has 1 N–H and O–H groups in total. The van der Waals surface area contributed by atoms with Crippen LogP contribution in [0.1, 0.15) is 25.5 Å². The van der Waals surface area contributed by atoms with E-state index in [1.165, 1.54) is 6.92 Å². The Labute approximate surface area is 88.0 Å².